The molecule has 1 atom stereocenters. The zero-order valence-electron chi connectivity index (χ0n) is 9.74. The molecular weight excluding hydrogens is 413 g/mol. The first-order valence-electron chi connectivity index (χ1n) is 5.41. The molecule has 4 nitrogen and oxygen atoms in total. The molecule has 0 aliphatic rings. The molecule has 1 aromatic rings. The van der Waals surface area contributed by atoms with Gasteiger partial charge in [-0.15, -0.1) is 0 Å². The van der Waals surface area contributed by atoms with Crippen molar-refractivity contribution in [3.05, 3.63) is 31.8 Å². The van der Waals surface area contributed by atoms with Gasteiger partial charge in [0.1, 0.15) is 0 Å². The van der Waals surface area contributed by atoms with Gasteiger partial charge in [0, 0.05) is 14.1 Å². The SMILES string of the molecule is CCC(CC(=O)O)NC(=O)c1cc(Br)ccc1I. The number of hydrogen-bond donors (Lipinski definition) is 2. The second-order valence-corrected chi connectivity index (χ2v) is 5.88. The minimum Gasteiger partial charge on any atom is -0.481 e. The molecule has 2 N–H and O–H groups in total. The average molecular weight is 426 g/mol. The molecule has 0 radical (unpaired) electrons. The first-order valence-corrected chi connectivity index (χ1v) is 7.29. The van der Waals surface area contributed by atoms with Crippen molar-refractivity contribution in [3.8, 4) is 0 Å². The lowest BCUT2D eigenvalue weighted by Crippen LogP contribution is -2.36. The summed E-state index contributed by atoms with van der Waals surface area (Å²) in [4.78, 5) is 22.7. The van der Waals surface area contributed by atoms with E-state index in [1.165, 1.54) is 0 Å². The van der Waals surface area contributed by atoms with E-state index in [2.05, 4.69) is 43.8 Å². The molecule has 0 aliphatic carbocycles. The van der Waals surface area contributed by atoms with E-state index >= 15 is 0 Å². The Morgan fingerprint density at radius 1 is 1.50 bits per heavy atom. The van der Waals surface area contributed by atoms with Crippen molar-refractivity contribution in [1.82, 2.24) is 5.32 Å². The Labute approximate surface area is 127 Å². The summed E-state index contributed by atoms with van der Waals surface area (Å²) in [6.07, 6.45) is 0.523. The number of carboxylic acids is 1. The van der Waals surface area contributed by atoms with Crippen LogP contribution in [-0.4, -0.2) is 23.0 Å². The van der Waals surface area contributed by atoms with Gasteiger partial charge < -0.3 is 10.4 Å². The first-order chi connectivity index (χ1) is 8.43. The van der Waals surface area contributed by atoms with Crippen molar-refractivity contribution in [1.29, 1.82) is 0 Å². The van der Waals surface area contributed by atoms with Gasteiger partial charge in [0.05, 0.1) is 12.0 Å². The molecule has 0 saturated heterocycles. The number of carboxylic acid groups (broad SMARTS) is 1. The highest BCUT2D eigenvalue weighted by molar-refractivity contribution is 14.1. The first kappa shape index (κ1) is 15.4. The predicted octanol–water partition coefficient (Wildman–Crippen LogP) is 3.04. The molecule has 0 aromatic heterocycles. The zero-order valence-corrected chi connectivity index (χ0v) is 13.5. The average Bonchev–Trinajstić information content (AvgIpc) is 2.30. The zero-order chi connectivity index (χ0) is 13.7. The Balaban J connectivity index is 2.80. The number of nitrogens with one attached hydrogen (secondary N) is 1. The van der Waals surface area contributed by atoms with Crippen LogP contribution in [0.1, 0.15) is 30.1 Å². The van der Waals surface area contributed by atoms with Crippen LogP contribution in [0.5, 0.6) is 0 Å². The van der Waals surface area contributed by atoms with Crippen LogP contribution < -0.4 is 5.32 Å². The third kappa shape index (κ3) is 4.56. The summed E-state index contributed by atoms with van der Waals surface area (Å²) in [5.41, 5.74) is 0.550. The highest BCUT2D eigenvalue weighted by Crippen LogP contribution is 2.18. The van der Waals surface area contributed by atoms with Gasteiger partial charge in [-0.05, 0) is 47.2 Å². The largest absolute Gasteiger partial charge is 0.481 e. The molecule has 1 unspecified atom stereocenters. The van der Waals surface area contributed by atoms with Crippen molar-refractivity contribution in [2.24, 2.45) is 0 Å². The number of amides is 1. The highest BCUT2D eigenvalue weighted by atomic mass is 127. The second-order valence-electron chi connectivity index (χ2n) is 3.80. The van der Waals surface area contributed by atoms with E-state index in [0.29, 0.717) is 12.0 Å². The van der Waals surface area contributed by atoms with E-state index in [9.17, 15) is 9.59 Å². The lowest BCUT2D eigenvalue weighted by atomic mass is 10.1. The van der Waals surface area contributed by atoms with Crippen molar-refractivity contribution < 1.29 is 14.7 Å². The van der Waals surface area contributed by atoms with E-state index in [-0.39, 0.29) is 18.4 Å². The smallest absolute Gasteiger partial charge is 0.305 e. The van der Waals surface area contributed by atoms with Gasteiger partial charge in [-0.25, -0.2) is 0 Å². The molecule has 0 heterocycles. The Bertz CT molecular complexity index is 465. The summed E-state index contributed by atoms with van der Waals surface area (Å²) in [6, 6.07) is 5.07. The molecule has 0 aliphatic heterocycles. The summed E-state index contributed by atoms with van der Waals surface area (Å²) >= 11 is 5.39. The highest BCUT2D eigenvalue weighted by Gasteiger charge is 2.17. The maximum absolute atomic E-state index is 12.0. The number of benzene rings is 1. The number of carbonyl (C=O) groups excluding carboxylic acids is 1. The number of halogens is 2. The van der Waals surface area contributed by atoms with Gasteiger partial charge in [0.2, 0.25) is 0 Å². The number of hydrogen-bond acceptors (Lipinski definition) is 2. The quantitative estimate of drug-likeness (QED) is 0.712. The minimum absolute atomic E-state index is 0.0627. The van der Waals surface area contributed by atoms with Crippen LogP contribution in [0.15, 0.2) is 22.7 Å². The summed E-state index contributed by atoms with van der Waals surface area (Å²) in [7, 11) is 0. The predicted molar refractivity (Wildman–Crippen MR) is 80.7 cm³/mol. The maximum atomic E-state index is 12.0. The summed E-state index contributed by atoms with van der Waals surface area (Å²) in [6.45, 7) is 1.85. The molecule has 0 spiro atoms. The van der Waals surface area contributed by atoms with Crippen LogP contribution in [0.3, 0.4) is 0 Å². The fourth-order valence-corrected chi connectivity index (χ4v) is 2.38. The van der Waals surface area contributed by atoms with Crippen molar-refractivity contribution >= 4 is 50.4 Å². The van der Waals surface area contributed by atoms with Gasteiger partial charge in [0.15, 0.2) is 0 Å². The van der Waals surface area contributed by atoms with Crippen molar-refractivity contribution in [3.63, 3.8) is 0 Å². The normalized spacial score (nSPS) is 11.9. The molecule has 1 rings (SSSR count). The van der Waals surface area contributed by atoms with Gasteiger partial charge in [0.25, 0.3) is 5.91 Å². The lowest BCUT2D eigenvalue weighted by Gasteiger charge is -2.15. The lowest BCUT2D eigenvalue weighted by molar-refractivity contribution is -0.137. The molecule has 0 bridgehead atoms. The third-order valence-electron chi connectivity index (χ3n) is 2.42. The maximum Gasteiger partial charge on any atom is 0.305 e. The van der Waals surface area contributed by atoms with E-state index in [1.54, 1.807) is 6.07 Å². The summed E-state index contributed by atoms with van der Waals surface area (Å²) < 4.78 is 1.65. The van der Waals surface area contributed by atoms with Gasteiger partial charge in [-0.1, -0.05) is 22.9 Å². The van der Waals surface area contributed by atoms with Gasteiger partial charge in [-0.3, -0.25) is 9.59 Å². The fourth-order valence-electron chi connectivity index (χ4n) is 1.44. The standard InChI is InChI=1S/C12H13BrINO3/c1-2-8(6-11(16)17)15-12(18)9-5-7(13)3-4-10(9)14/h3-5,8H,2,6H2,1H3,(H,15,18)(H,16,17). The number of carbonyl (C=O) groups is 2. The summed E-state index contributed by atoms with van der Waals surface area (Å²) in [5, 5.41) is 11.5. The van der Waals surface area contributed by atoms with Crippen LogP contribution in [0, 0.1) is 3.57 Å². The topological polar surface area (TPSA) is 66.4 Å². The molecule has 1 aromatic carbocycles. The molecular formula is C12H13BrINO3. The van der Waals surface area contributed by atoms with E-state index in [1.807, 2.05) is 19.1 Å². The Hall–Kier alpha value is -0.630. The minimum atomic E-state index is -0.911. The molecule has 1 amide bonds. The second kappa shape index (κ2) is 7.08. The van der Waals surface area contributed by atoms with Crippen molar-refractivity contribution in [2.75, 3.05) is 0 Å². The Kier molecular flexibility index (Phi) is 6.07. The molecule has 6 heteroatoms. The molecule has 0 fully saturated rings. The number of aliphatic carboxylic acids is 1. The van der Waals surface area contributed by atoms with E-state index in [0.717, 1.165) is 8.04 Å². The molecule has 0 saturated carbocycles. The Morgan fingerprint density at radius 2 is 2.17 bits per heavy atom. The van der Waals surface area contributed by atoms with Crippen LogP contribution in [0.25, 0.3) is 0 Å². The third-order valence-corrected chi connectivity index (χ3v) is 3.86. The van der Waals surface area contributed by atoms with Crippen LogP contribution in [0.4, 0.5) is 0 Å². The molecule has 18 heavy (non-hydrogen) atoms. The molecule has 98 valence electrons. The number of rotatable bonds is 5. The van der Waals surface area contributed by atoms with Crippen LogP contribution in [0.2, 0.25) is 0 Å². The van der Waals surface area contributed by atoms with Crippen LogP contribution >= 0.6 is 38.5 Å². The van der Waals surface area contributed by atoms with Crippen LogP contribution in [-0.2, 0) is 4.79 Å². The Morgan fingerprint density at radius 3 is 2.72 bits per heavy atom. The fraction of sp³-hybridized carbons (Fsp3) is 0.333. The monoisotopic (exact) mass is 425 g/mol. The van der Waals surface area contributed by atoms with E-state index < -0.39 is 5.97 Å². The van der Waals surface area contributed by atoms with E-state index in [4.69, 9.17) is 5.11 Å². The summed E-state index contributed by atoms with van der Waals surface area (Å²) in [5.74, 6) is -1.15. The van der Waals surface area contributed by atoms with Crippen molar-refractivity contribution in [2.45, 2.75) is 25.8 Å². The van der Waals surface area contributed by atoms with Gasteiger partial charge in [-0.2, -0.15) is 0 Å². The van der Waals surface area contributed by atoms with Gasteiger partial charge >= 0.3 is 5.97 Å².